The van der Waals surface area contributed by atoms with Gasteiger partial charge in [0, 0.05) is 5.56 Å². The minimum atomic E-state index is -1.45. The summed E-state index contributed by atoms with van der Waals surface area (Å²) in [5, 5.41) is 2.31. The molecule has 174 valence electrons. The number of esters is 1. The lowest BCUT2D eigenvalue weighted by molar-refractivity contribution is -0.157. The molecule has 4 rings (SSSR count). The number of carbonyl (C=O) groups excluding carboxylic acids is 3. The van der Waals surface area contributed by atoms with Gasteiger partial charge >= 0.3 is 5.97 Å². The molecular formula is C24H19F2N3O5. The van der Waals surface area contributed by atoms with Crippen LogP contribution in [0, 0.1) is 18.6 Å². The topological polar surface area (TPSA) is 107 Å². The molecule has 10 heteroatoms. The Labute approximate surface area is 192 Å². The number of anilines is 1. The van der Waals surface area contributed by atoms with Crippen LogP contribution in [0.4, 0.5) is 14.6 Å². The third kappa shape index (κ3) is 4.09. The van der Waals surface area contributed by atoms with Gasteiger partial charge in [0.2, 0.25) is 5.60 Å². The number of ketones is 1. The fourth-order valence-corrected chi connectivity index (χ4v) is 3.70. The van der Waals surface area contributed by atoms with Gasteiger partial charge in [-0.1, -0.05) is 6.07 Å². The zero-order valence-corrected chi connectivity index (χ0v) is 18.4. The molecule has 0 spiro atoms. The van der Waals surface area contributed by atoms with Gasteiger partial charge < -0.3 is 14.8 Å². The van der Waals surface area contributed by atoms with Crippen LogP contribution in [0.15, 0.2) is 42.7 Å². The third-order valence-corrected chi connectivity index (χ3v) is 5.44. The van der Waals surface area contributed by atoms with Crippen molar-refractivity contribution in [2.45, 2.75) is 25.9 Å². The number of carbonyl (C=O) groups is 3. The van der Waals surface area contributed by atoms with Gasteiger partial charge in [0.25, 0.3) is 5.91 Å². The Kier molecular flexibility index (Phi) is 5.82. The summed E-state index contributed by atoms with van der Waals surface area (Å²) in [5.74, 6) is -3.74. The molecule has 34 heavy (non-hydrogen) atoms. The van der Waals surface area contributed by atoms with E-state index < -0.39 is 34.7 Å². The van der Waals surface area contributed by atoms with Crippen molar-refractivity contribution in [3.05, 3.63) is 71.1 Å². The predicted molar refractivity (Wildman–Crippen MR) is 117 cm³/mol. The van der Waals surface area contributed by atoms with Crippen LogP contribution in [0.25, 0.3) is 11.3 Å². The predicted octanol–water partition coefficient (Wildman–Crippen LogP) is 3.88. The molecule has 2 aromatic carbocycles. The van der Waals surface area contributed by atoms with E-state index in [0.717, 1.165) is 18.2 Å². The number of amides is 1. The number of hydrogen-bond donors (Lipinski definition) is 1. The number of nitrogens with zero attached hydrogens (tertiary/aromatic N) is 2. The average molecular weight is 467 g/mol. The van der Waals surface area contributed by atoms with E-state index in [1.807, 2.05) is 0 Å². The Hall–Kier alpha value is -4.21. The van der Waals surface area contributed by atoms with Gasteiger partial charge in [-0.25, -0.2) is 18.6 Å². The standard InChI is InChI=1S/C24H19F2N3O5/c1-12-7-14-18(30)9-24(2,23(32)33-3)34-19(14)8-13(12)17-10-28-20(11-27-17)29-22(31)21-15(25)5-4-6-16(21)26/h4-8,10-11H,9H2,1-3H3,(H,28,29,31). The van der Waals surface area contributed by atoms with Crippen LogP contribution in [-0.4, -0.2) is 40.3 Å². The highest BCUT2D eigenvalue weighted by atomic mass is 19.1. The van der Waals surface area contributed by atoms with Gasteiger partial charge in [-0.15, -0.1) is 0 Å². The van der Waals surface area contributed by atoms with E-state index in [0.29, 0.717) is 22.4 Å². The van der Waals surface area contributed by atoms with Gasteiger partial charge in [-0.2, -0.15) is 0 Å². The number of benzene rings is 2. The summed E-state index contributed by atoms with van der Waals surface area (Å²) in [6.45, 7) is 3.25. The van der Waals surface area contributed by atoms with Gasteiger partial charge in [0.1, 0.15) is 22.9 Å². The Balaban J connectivity index is 1.61. The monoisotopic (exact) mass is 467 g/mol. The zero-order chi connectivity index (χ0) is 24.6. The van der Waals surface area contributed by atoms with Crippen LogP contribution in [0.2, 0.25) is 0 Å². The maximum atomic E-state index is 13.8. The fourth-order valence-electron chi connectivity index (χ4n) is 3.70. The van der Waals surface area contributed by atoms with Crippen molar-refractivity contribution in [2.75, 3.05) is 12.4 Å². The first-order valence-corrected chi connectivity index (χ1v) is 10.2. The summed E-state index contributed by atoms with van der Waals surface area (Å²) < 4.78 is 38.3. The van der Waals surface area contributed by atoms with E-state index >= 15 is 0 Å². The number of Topliss-reactive ketones (excluding diaryl/α,β-unsaturated/α-hetero) is 1. The van der Waals surface area contributed by atoms with Crippen molar-refractivity contribution in [2.24, 2.45) is 0 Å². The number of rotatable bonds is 4. The van der Waals surface area contributed by atoms with Crippen molar-refractivity contribution in [3.63, 3.8) is 0 Å². The molecule has 0 bridgehead atoms. The average Bonchev–Trinajstić information content (AvgIpc) is 2.79. The summed E-state index contributed by atoms with van der Waals surface area (Å²) in [6.07, 6.45) is 2.43. The largest absolute Gasteiger partial charge is 0.475 e. The van der Waals surface area contributed by atoms with Crippen molar-refractivity contribution < 1.29 is 32.6 Å². The van der Waals surface area contributed by atoms with E-state index in [1.165, 1.54) is 26.4 Å². The molecule has 0 saturated heterocycles. The van der Waals surface area contributed by atoms with E-state index in [4.69, 9.17) is 9.47 Å². The first-order valence-electron chi connectivity index (χ1n) is 10.2. The van der Waals surface area contributed by atoms with Crippen LogP contribution < -0.4 is 10.1 Å². The summed E-state index contributed by atoms with van der Waals surface area (Å²) in [4.78, 5) is 45.4. The number of methoxy groups -OCH3 is 1. The second-order valence-corrected chi connectivity index (χ2v) is 7.93. The first-order chi connectivity index (χ1) is 16.1. The Morgan fingerprint density at radius 1 is 1.12 bits per heavy atom. The van der Waals surface area contributed by atoms with Crippen molar-refractivity contribution >= 4 is 23.5 Å². The van der Waals surface area contributed by atoms with Crippen LogP contribution in [0.5, 0.6) is 5.75 Å². The van der Waals surface area contributed by atoms with Gasteiger partial charge in [0.15, 0.2) is 11.6 Å². The minimum absolute atomic E-state index is 0.0169. The highest BCUT2D eigenvalue weighted by Crippen LogP contribution is 2.38. The highest BCUT2D eigenvalue weighted by Gasteiger charge is 2.44. The first kappa shape index (κ1) is 23.0. The van der Waals surface area contributed by atoms with Crippen molar-refractivity contribution in [1.82, 2.24) is 9.97 Å². The van der Waals surface area contributed by atoms with Crippen LogP contribution >= 0.6 is 0 Å². The lowest BCUT2D eigenvalue weighted by Gasteiger charge is -2.32. The summed E-state index contributed by atoms with van der Waals surface area (Å²) in [6, 6.07) is 6.33. The minimum Gasteiger partial charge on any atom is -0.475 e. The second kappa shape index (κ2) is 8.62. The van der Waals surface area contributed by atoms with E-state index in [1.54, 1.807) is 19.1 Å². The van der Waals surface area contributed by atoms with Crippen LogP contribution in [0.1, 0.15) is 39.6 Å². The van der Waals surface area contributed by atoms with Gasteiger partial charge in [0.05, 0.1) is 37.2 Å². The summed E-state index contributed by atoms with van der Waals surface area (Å²) >= 11 is 0. The molecule has 8 nitrogen and oxygen atoms in total. The zero-order valence-electron chi connectivity index (χ0n) is 18.4. The molecule has 1 amide bonds. The molecule has 0 aliphatic carbocycles. The normalized spacial score (nSPS) is 16.9. The molecule has 1 atom stereocenters. The number of aromatic nitrogens is 2. The number of nitrogens with one attached hydrogen (secondary N) is 1. The van der Waals surface area contributed by atoms with Crippen molar-refractivity contribution in [1.29, 1.82) is 0 Å². The van der Waals surface area contributed by atoms with Crippen LogP contribution in [0.3, 0.4) is 0 Å². The molecule has 1 aromatic heterocycles. The smallest absolute Gasteiger partial charge is 0.350 e. The molecular weight excluding hydrogens is 448 g/mol. The molecule has 1 N–H and O–H groups in total. The second-order valence-electron chi connectivity index (χ2n) is 7.93. The van der Waals surface area contributed by atoms with Crippen molar-refractivity contribution in [3.8, 4) is 17.0 Å². The van der Waals surface area contributed by atoms with Gasteiger partial charge in [-0.05, 0) is 43.7 Å². The molecule has 1 unspecified atom stereocenters. The quantitative estimate of drug-likeness (QED) is 0.580. The molecule has 0 radical (unpaired) electrons. The van der Waals surface area contributed by atoms with E-state index in [-0.39, 0.29) is 23.8 Å². The molecule has 0 saturated carbocycles. The number of hydrogen-bond acceptors (Lipinski definition) is 7. The molecule has 0 fully saturated rings. The van der Waals surface area contributed by atoms with Gasteiger partial charge in [-0.3, -0.25) is 14.6 Å². The summed E-state index contributed by atoms with van der Waals surface area (Å²) in [7, 11) is 1.22. The maximum absolute atomic E-state index is 13.8. The fraction of sp³-hybridized carbons (Fsp3) is 0.208. The Morgan fingerprint density at radius 2 is 1.82 bits per heavy atom. The number of halogens is 2. The maximum Gasteiger partial charge on any atom is 0.350 e. The molecule has 1 aliphatic heterocycles. The van der Waals surface area contributed by atoms with E-state index in [2.05, 4.69) is 15.3 Å². The molecule has 2 heterocycles. The summed E-state index contributed by atoms with van der Waals surface area (Å²) in [5.41, 5.74) is -0.173. The number of aryl methyl sites for hydroxylation is 1. The SMILES string of the molecule is COC(=O)C1(C)CC(=O)c2cc(C)c(-c3cnc(NC(=O)c4c(F)cccc4F)cn3)cc2O1. The Morgan fingerprint density at radius 3 is 2.44 bits per heavy atom. The lowest BCUT2D eigenvalue weighted by Crippen LogP contribution is -2.47. The number of ether oxygens (including phenoxy) is 2. The lowest BCUT2D eigenvalue weighted by atomic mass is 9.89. The van der Waals surface area contributed by atoms with Crippen LogP contribution in [-0.2, 0) is 9.53 Å². The highest BCUT2D eigenvalue weighted by molar-refractivity contribution is 6.05. The third-order valence-electron chi connectivity index (χ3n) is 5.44. The molecule has 3 aromatic rings. The molecule has 1 aliphatic rings. The number of fused-ring (bicyclic) bond motifs is 1. The van der Waals surface area contributed by atoms with E-state index in [9.17, 15) is 23.2 Å². The Bertz CT molecular complexity index is 1310.